The molecule has 0 saturated heterocycles. The number of halogens is 1. The molecule has 0 unspecified atom stereocenters. The van der Waals surface area contributed by atoms with Crippen LogP contribution in [0.3, 0.4) is 0 Å². The molecule has 0 aliphatic carbocycles. The Morgan fingerprint density at radius 2 is 1.94 bits per heavy atom. The highest BCUT2D eigenvalue weighted by molar-refractivity contribution is 6.31. The molecule has 0 amide bonds. The van der Waals surface area contributed by atoms with E-state index in [1.165, 1.54) is 0 Å². The van der Waals surface area contributed by atoms with E-state index in [0.717, 1.165) is 33.2 Å². The van der Waals surface area contributed by atoms with Crippen LogP contribution in [-0.2, 0) is 6.42 Å². The Bertz CT molecular complexity index is 633. The van der Waals surface area contributed by atoms with Crippen LogP contribution in [0.15, 0.2) is 24.3 Å². The number of nitriles is 1. The molecule has 1 aromatic heterocycles. The third-order valence-corrected chi connectivity index (χ3v) is 3.63. The Kier molecular flexibility index (Phi) is 3.45. The van der Waals surface area contributed by atoms with Gasteiger partial charge in [0.1, 0.15) is 0 Å². The number of hydrogen-bond acceptors (Lipinski definition) is 1. The summed E-state index contributed by atoms with van der Waals surface area (Å²) in [6.45, 7) is 6.07. The van der Waals surface area contributed by atoms with Gasteiger partial charge in [0.25, 0.3) is 0 Å². The number of rotatable bonds is 2. The van der Waals surface area contributed by atoms with E-state index in [2.05, 4.69) is 22.8 Å². The Labute approximate surface area is 112 Å². The second-order valence-corrected chi connectivity index (χ2v) is 4.91. The van der Waals surface area contributed by atoms with Crippen LogP contribution in [0.25, 0.3) is 5.69 Å². The predicted molar refractivity (Wildman–Crippen MR) is 74.3 cm³/mol. The van der Waals surface area contributed by atoms with Crippen LogP contribution in [0.1, 0.15) is 22.5 Å². The summed E-state index contributed by atoms with van der Waals surface area (Å²) < 4.78 is 2.14. The first-order chi connectivity index (χ1) is 8.54. The van der Waals surface area contributed by atoms with E-state index in [-0.39, 0.29) is 0 Å². The molecule has 0 spiro atoms. The monoisotopic (exact) mass is 258 g/mol. The van der Waals surface area contributed by atoms with Gasteiger partial charge in [-0.15, -0.1) is 0 Å². The molecule has 0 saturated carbocycles. The second-order valence-electron chi connectivity index (χ2n) is 4.50. The fraction of sp³-hybridized carbons (Fsp3) is 0.267. The Morgan fingerprint density at radius 3 is 2.56 bits per heavy atom. The number of benzene rings is 1. The zero-order chi connectivity index (χ0) is 13.3. The average molecular weight is 259 g/mol. The van der Waals surface area contributed by atoms with Crippen LogP contribution in [0, 0.1) is 32.1 Å². The predicted octanol–water partition coefficient (Wildman–Crippen LogP) is 4.12. The van der Waals surface area contributed by atoms with Crippen molar-refractivity contribution in [1.29, 1.82) is 5.26 Å². The van der Waals surface area contributed by atoms with Gasteiger partial charge in [-0.2, -0.15) is 5.26 Å². The fourth-order valence-electron chi connectivity index (χ4n) is 2.21. The van der Waals surface area contributed by atoms with Crippen molar-refractivity contribution in [2.45, 2.75) is 27.2 Å². The van der Waals surface area contributed by atoms with Gasteiger partial charge in [-0.1, -0.05) is 17.7 Å². The van der Waals surface area contributed by atoms with Gasteiger partial charge in [0, 0.05) is 22.1 Å². The molecule has 0 radical (unpaired) electrons. The van der Waals surface area contributed by atoms with Gasteiger partial charge in [0.05, 0.1) is 12.5 Å². The SMILES string of the molecule is Cc1ccc(-n2c(C)cc(CC#N)c2C)cc1Cl. The average Bonchev–Trinajstić information content (AvgIpc) is 2.59. The quantitative estimate of drug-likeness (QED) is 0.796. The highest BCUT2D eigenvalue weighted by atomic mass is 35.5. The first-order valence-electron chi connectivity index (χ1n) is 5.86. The van der Waals surface area contributed by atoms with E-state index in [1.54, 1.807) is 0 Å². The third kappa shape index (κ3) is 2.14. The molecule has 0 bridgehead atoms. The lowest BCUT2D eigenvalue weighted by molar-refractivity contribution is 0.955. The van der Waals surface area contributed by atoms with Crippen LogP contribution < -0.4 is 0 Å². The van der Waals surface area contributed by atoms with Crippen LogP contribution in [0.5, 0.6) is 0 Å². The molecule has 92 valence electrons. The lowest BCUT2D eigenvalue weighted by Gasteiger charge is -2.11. The van der Waals surface area contributed by atoms with Gasteiger partial charge in [-0.3, -0.25) is 0 Å². The molecule has 1 heterocycles. The van der Waals surface area contributed by atoms with Crippen molar-refractivity contribution >= 4 is 11.6 Å². The molecular formula is C15H15ClN2. The van der Waals surface area contributed by atoms with E-state index in [0.29, 0.717) is 6.42 Å². The van der Waals surface area contributed by atoms with E-state index in [4.69, 9.17) is 16.9 Å². The maximum Gasteiger partial charge on any atom is 0.0670 e. The number of aryl methyl sites for hydroxylation is 2. The summed E-state index contributed by atoms with van der Waals surface area (Å²) in [7, 11) is 0. The van der Waals surface area contributed by atoms with Crippen LogP contribution in [-0.4, -0.2) is 4.57 Å². The molecule has 2 aromatic rings. The molecule has 0 fully saturated rings. The van der Waals surface area contributed by atoms with Crippen molar-refractivity contribution < 1.29 is 0 Å². The summed E-state index contributed by atoms with van der Waals surface area (Å²) in [6, 6.07) is 10.3. The van der Waals surface area contributed by atoms with Crippen molar-refractivity contribution in [2.24, 2.45) is 0 Å². The largest absolute Gasteiger partial charge is 0.318 e. The Hall–Kier alpha value is -1.72. The van der Waals surface area contributed by atoms with Gasteiger partial charge in [0.15, 0.2) is 0 Å². The highest BCUT2D eigenvalue weighted by Crippen LogP contribution is 2.24. The summed E-state index contributed by atoms with van der Waals surface area (Å²) in [4.78, 5) is 0. The van der Waals surface area contributed by atoms with Crippen LogP contribution in [0.4, 0.5) is 0 Å². The first-order valence-corrected chi connectivity index (χ1v) is 6.23. The van der Waals surface area contributed by atoms with Crippen LogP contribution >= 0.6 is 11.6 Å². The van der Waals surface area contributed by atoms with Crippen molar-refractivity contribution in [3.05, 3.63) is 51.8 Å². The normalized spacial score (nSPS) is 10.4. The maximum atomic E-state index is 8.81. The highest BCUT2D eigenvalue weighted by Gasteiger charge is 2.10. The third-order valence-electron chi connectivity index (χ3n) is 3.22. The lowest BCUT2D eigenvalue weighted by atomic mass is 10.2. The molecule has 0 N–H and O–H groups in total. The van der Waals surface area contributed by atoms with Gasteiger partial charge in [-0.05, 0) is 50.1 Å². The summed E-state index contributed by atoms with van der Waals surface area (Å²) >= 11 is 6.17. The molecule has 0 aliphatic rings. The summed E-state index contributed by atoms with van der Waals surface area (Å²) in [5, 5.41) is 9.58. The minimum atomic E-state index is 0.444. The van der Waals surface area contributed by atoms with Crippen molar-refractivity contribution in [3.8, 4) is 11.8 Å². The van der Waals surface area contributed by atoms with Crippen LogP contribution in [0.2, 0.25) is 5.02 Å². The number of hydrogen-bond donors (Lipinski definition) is 0. The van der Waals surface area contributed by atoms with Gasteiger partial charge in [0.2, 0.25) is 0 Å². The number of nitrogens with zero attached hydrogens (tertiary/aromatic N) is 2. The molecule has 0 atom stereocenters. The zero-order valence-corrected chi connectivity index (χ0v) is 11.5. The minimum absolute atomic E-state index is 0.444. The fourth-order valence-corrected chi connectivity index (χ4v) is 2.39. The summed E-state index contributed by atoms with van der Waals surface area (Å²) in [5.41, 5.74) is 5.42. The topological polar surface area (TPSA) is 28.7 Å². The molecule has 0 aliphatic heterocycles. The van der Waals surface area contributed by atoms with Gasteiger partial charge >= 0.3 is 0 Å². The standard InChI is InChI=1S/C15H15ClN2/c1-10-4-5-14(9-15(10)16)18-11(2)8-13(6-7-17)12(18)3/h4-5,8-9H,6H2,1-3H3. The van der Waals surface area contributed by atoms with E-state index >= 15 is 0 Å². The van der Waals surface area contributed by atoms with E-state index < -0.39 is 0 Å². The molecule has 2 nitrogen and oxygen atoms in total. The zero-order valence-electron chi connectivity index (χ0n) is 10.8. The smallest absolute Gasteiger partial charge is 0.0670 e. The molecule has 18 heavy (non-hydrogen) atoms. The maximum absolute atomic E-state index is 8.81. The van der Waals surface area contributed by atoms with Gasteiger partial charge in [-0.25, -0.2) is 0 Å². The molecule has 3 heteroatoms. The molecule has 1 aromatic carbocycles. The minimum Gasteiger partial charge on any atom is -0.318 e. The summed E-state index contributed by atoms with van der Waals surface area (Å²) in [5.74, 6) is 0. The Balaban J connectivity index is 2.57. The molecular weight excluding hydrogens is 244 g/mol. The van der Waals surface area contributed by atoms with E-state index in [1.807, 2.05) is 32.9 Å². The van der Waals surface area contributed by atoms with Crippen molar-refractivity contribution in [2.75, 3.05) is 0 Å². The summed E-state index contributed by atoms with van der Waals surface area (Å²) in [6.07, 6.45) is 0.444. The molecule has 2 rings (SSSR count). The second kappa shape index (κ2) is 4.88. The van der Waals surface area contributed by atoms with Crippen molar-refractivity contribution in [1.82, 2.24) is 4.57 Å². The Morgan fingerprint density at radius 1 is 1.22 bits per heavy atom. The number of aromatic nitrogens is 1. The van der Waals surface area contributed by atoms with Crippen molar-refractivity contribution in [3.63, 3.8) is 0 Å². The van der Waals surface area contributed by atoms with Gasteiger partial charge < -0.3 is 4.57 Å². The van der Waals surface area contributed by atoms with E-state index in [9.17, 15) is 0 Å². The lowest BCUT2D eigenvalue weighted by Crippen LogP contribution is -1.99. The first kappa shape index (κ1) is 12.7.